The Balaban J connectivity index is 3.18. The quantitative estimate of drug-likeness (QED) is 0.511. The molecule has 2 atom stereocenters. The van der Waals surface area contributed by atoms with Gasteiger partial charge in [-0.25, -0.2) is 0 Å². The van der Waals surface area contributed by atoms with Crippen LogP contribution in [0, 0.1) is 0 Å². The summed E-state index contributed by atoms with van der Waals surface area (Å²) >= 11 is -0.284. The monoisotopic (exact) mass is 384 g/mol. The summed E-state index contributed by atoms with van der Waals surface area (Å²) in [5.74, 6) is 0. The van der Waals surface area contributed by atoms with E-state index in [-0.39, 0.29) is 28.2 Å². The molecule has 0 saturated carbocycles. The van der Waals surface area contributed by atoms with Gasteiger partial charge in [-0.05, 0) is 0 Å². The summed E-state index contributed by atoms with van der Waals surface area (Å²) in [5.41, 5.74) is 0. The van der Waals surface area contributed by atoms with Crippen LogP contribution in [0.15, 0.2) is 30.3 Å². The van der Waals surface area contributed by atoms with E-state index in [9.17, 15) is 8.77 Å². The SMILES string of the molecule is CCOP(=O)(OCC)C(C)([Se]c1ccccc1)S(C)=O. The Hall–Kier alpha value is 0.0395. The summed E-state index contributed by atoms with van der Waals surface area (Å²) in [5, 5.41) is 0. The van der Waals surface area contributed by atoms with Crippen LogP contribution in [0.2, 0.25) is 0 Å². The minimum absolute atomic E-state index is 0.273. The first-order valence-electron chi connectivity index (χ1n) is 6.36. The van der Waals surface area contributed by atoms with Crippen molar-refractivity contribution in [2.24, 2.45) is 0 Å². The molecule has 2 unspecified atom stereocenters. The van der Waals surface area contributed by atoms with Gasteiger partial charge in [-0.1, -0.05) is 0 Å². The minimum atomic E-state index is -3.44. The zero-order valence-corrected chi connectivity index (χ0v) is 15.6. The summed E-state index contributed by atoms with van der Waals surface area (Å²) in [4.78, 5) is 0. The van der Waals surface area contributed by atoms with Gasteiger partial charge in [0.05, 0.1) is 0 Å². The van der Waals surface area contributed by atoms with Crippen LogP contribution < -0.4 is 4.46 Å². The Morgan fingerprint density at radius 3 is 2.10 bits per heavy atom. The predicted octanol–water partition coefficient (Wildman–Crippen LogP) is 2.33. The maximum atomic E-state index is 13.1. The van der Waals surface area contributed by atoms with Crippen molar-refractivity contribution >= 4 is 37.8 Å². The molecule has 0 heterocycles. The van der Waals surface area contributed by atoms with Crippen molar-refractivity contribution in [2.75, 3.05) is 19.5 Å². The van der Waals surface area contributed by atoms with Crippen molar-refractivity contribution in [3.05, 3.63) is 30.3 Å². The Morgan fingerprint density at radius 1 is 1.20 bits per heavy atom. The van der Waals surface area contributed by atoms with Gasteiger partial charge in [-0.3, -0.25) is 0 Å². The van der Waals surface area contributed by atoms with Gasteiger partial charge in [0, 0.05) is 0 Å². The number of benzene rings is 1. The first-order chi connectivity index (χ1) is 9.39. The van der Waals surface area contributed by atoms with Gasteiger partial charge >= 0.3 is 130 Å². The molecule has 0 aliphatic heterocycles. The Bertz CT molecular complexity index is 486. The first kappa shape index (κ1) is 18.1. The number of hydrogen-bond acceptors (Lipinski definition) is 4. The second-order valence-electron chi connectivity index (χ2n) is 4.10. The summed E-state index contributed by atoms with van der Waals surface area (Å²) in [7, 11) is -4.76. The fraction of sp³-hybridized carbons (Fsp3) is 0.538. The van der Waals surface area contributed by atoms with Crippen LogP contribution in [0.1, 0.15) is 20.8 Å². The zero-order chi connectivity index (χ0) is 15.2. The van der Waals surface area contributed by atoms with Crippen LogP contribution in [0.5, 0.6) is 0 Å². The summed E-state index contributed by atoms with van der Waals surface area (Å²) in [6.45, 7) is 5.81. The van der Waals surface area contributed by atoms with Crippen molar-refractivity contribution < 1.29 is 17.8 Å². The normalized spacial score (nSPS) is 16.6. The molecule has 7 heteroatoms. The van der Waals surface area contributed by atoms with Gasteiger partial charge < -0.3 is 0 Å². The van der Waals surface area contributed by atoms with E-state index in [1.807, 2.05) is 30.3 Å². The molecule has 20 heavy (non-hydrogen) atoms. The number of rotatable bonds is 8. The second kappa shape index (κ2) is 7.88. The summed E-state index contributed by atoms with van der Waals surface area (Å²) in [6, 6.07) is 9.66. The Morgan fingerprint density at radius 2 is 1.70 bits per heavy atom. The third kappa shape index (κ3) is 4.03. The Labute approximate surface area is 129 Å². The van der Waals surface area contributed by atoms with Crippen LogP contribution in [-0.4, -0.2) is 42.0 Å². The molecule has 0 fully saturated rings. The van der Waals surface area contributed by atoms with E-state index in [1.165, 1.54) is 0 Å². The average Bonchev–Trinajstić information content (AvgIpc) is 2.40. The molecule has 0 spiro atoms. The van der Waals surface area contributed by atoms with E-state index in [2.05, 4.69) is 0 Å². The van der Waals surface area contributed by atoms with Crippen LogP contribution in [-0.2, 0) is 24.4 Å². The van der Waals surface area contributed by atoms with Crippen molar-refractivity contribution in [3.63, 3.8) is 0 Å². The van der Waals surface area contributed by atoms with E-state index in [1.54, 1.807) is 27.0 Å². The van der Waals surface area contributed by atoms with Gasteiger partial charge in [0.25, 0.3) is 0 Å². The second-order valence-corrected chi connectivity index (χ2v) is 12.9. The molecule has 1 aromatic rings. The van der Waals surface area contributed by atoms with E-state index in [4.69, 9.17) is 9.05 Å². The van der Waals surface area contributed by atoms with Crippen LogP contribution in [0.3, 0.4) is 0 Å². The van der Waals surface area contributed by atoms with Crippen LogP contribution in [0.4, 0.5) is 0 Å². The third-order valence-corrected chi connectivity index (χ3v) is 13.0. The predicted molar refractivity (Wildman–Crippen MR) is 85.2 cm³/mol. The molecule has 1 aromatic carbocycles. The Kier molecular flexibility index (Phi) is 7.13. The molecule has 0 saturated heterocycles. The fourth-order valence-electron chi connectivity index (χ4n) is 1.59. The van der Waals surface area contributed by atoms with Crippen LogP contribution in [0.25, 0.3) is 0 Å². The van der Waals surface area contributed by atoms with Crippen molar-refractivity contribution in [3.8, 4) is 0 Å². The van der Waals surface area contributed by atoms with Crippen molar-refractivity contribution in [1.82, 2.24) is 0 Å². The molecule has 0 aliphatic carbocycles. The fourth-order valence-corrected chi connectivity index (χ4v) is 9.31. The van der Waals surface area contributed by atoms with Gasteiger partial charge in [0.1, 0.15) is 0 Å². The van der Waals surface area contributed by atoms with Crippen molar-refractivity contribution in [2.45, 2.75) is 24.2 Å². The van der Waals surface area contributed by atoms with Gasteiger partial charge in [0.2, 0.25) is 0 Å². The van der Waals surface area contributed by atoms with Crippen LogP contribution >= 0.6 is 7.60 Å². The van der Waals surface area contributed by atoms with Gasteiger partial charge in [-0.2, -0.15) is 0 Å². The molecule has 0 aromatic heterocycles. The molecule has 0 aliphatic rings. The average molecular weight is 383 g/mol. The maximum absolute atomic E-state index is 13.1. The summed E-state index contributed by atoms with van der Waals surface area (Å²) in [6.07, 6.45) is 1.56. The van der Waals surface area contributed by atoms with Gasteiger partial charge in [0.15, 0.2) is 0 Å². The van der Waals surface area contributed by atoms with Gasteiger partial charge in [-0.15, -0.1) is 0 Å². The molecular formula is C13H21O4PSSe. The molecule has 1 rings (SSSR count). The zero-order valence-electron chi connectivity index (χ0n) is 12.2. The van der Waals surface area contributed by atoms with E-state index in [0.29, 0.717) is 0 Å². The van der Waals surface area contributed by atoms with E-state index < -0.39 is 21.8 Å². The molecule has 4 nitrogen and oxygen atoms in total. The molecular weight excluding hydrogens is 362 g/mol. The molecule has 114 valence electrons. The molecule has 0 amide bonds. The number of hydrogen-bond donors (Lipinski definition) is 0. The topological polar surface area (TPSA) is 52.6 Å². The molecule has 0 N–H and O–H groups in total. The van der Waals surface area contributed by atoms with E-state index >= 15 is 0 Å². The molecule has 0 radical (unpaired) electrons. The third-order valence-electron chi connectivity index (χ3n) is 2.68. The van der Waals surface area contributed by atoms with Crippen molar-refractivity contribution in [1.29, 1.82) is 0 Å². The first-order valence-corrected chi connectivity index (χ1v) is 11.2. The standard InChI is InChI=1S/C13H21O4PSSe/c1-5-16-18(14,17-6-2)13(3,19(4)15)20-12-10-8-7-9-11-12/h7-11H,5-6H2,1-4H3. The molecule has 0 bridgehead atoms. The van der Waals surface area contributed by atoms with E-state index in [0.717, 1.165) is 4.46 Å². The summed E-state index contributed by atoms with van der Waals surface area (Å²) < 4.78 is 36.2.